The maximum atomic E-state index is 13.4. The molecule has 0 aromatic heterocycles. The molecule has 0 spiro atoms. The second-order valence-electron chi connectivity index (χ2n) is 3.91. The molecule has 1 aliphatic carbocycles. The maximum absolute atomic E-state index is 13.4. The first-order valence-electron chi connectivity index (χ1n) is 4.99. The molecule has 1 aromatic rings. The molecule has 0 saturated heterocycles. The highest BCUT2D eigenvalue weighted by atomic mass is 32.2. The van der Waals surface area contributed by atoms with Crippen LogP contribution in [0.2, 0.25) is 0 Å². The van der Waals surface area contributed by atoms with E-state index in [1.165, 1.54) is 6.07 Å². The molecule has 16 heavy (non-hydrogen) atoms. The average Bonchev–Trinajstić information content (AvgIpc) is 3.01. The van der Waals surface area contributed by atoms with E-state index in [9.17, 15) is 13.4 Å². The van der Waals surface area contributed by atoms with Crippen LogP contribution in [-0.2, 0) is 10.8 Å². The molecular formula is C11H11FO3S. The van der Waals surface area contributed by atoms with E-state index in [0.717, 1.165) is 25.0 Å². The molecule has 86 valence electrons. The lowest BCUT2D eigenvalue weighted by atomic mass is 10.2. The highest BCUT2D eigenvalue weighted by Gasteiger charge is 2.25. The van der Waals surface area contributed by atoms with E-state index in [0.29, 0.717) is 11.7 Å². The van der Waals surface area contributed by atoms with Crippen LogP contribution in [0.25, 0.3) is 0 Å². The van der Waals surface area contributed by atoms with Crippen molar-refractivity contribution in [3.05, 3.63) is 29.6 Å². The van der Waals surface area contributed by atoms with Gasteiger partial charge in [0.05, 0.1) is 21.3 Å². The Morgan fingerprint density at radius 3 is 2.75 bits per heavy atom. The van der Waals surface area contributed by atoms with Crippen LogP contribution < -0.4 is 0 Å². The fourth-order valence-corrected chi connectivity index (χ4v) is 2.88. The summed E-state index contributed by atoms with van der Waals surface area (Å²) in [5, 5.41) is 8.75. The predicted molar refractivity (Wildman–Crippen MR) is 57.4 cm³/mol. The van der Waals surface area contributed by atoms with Crippen molar-refractivity contribution in [3.63, 3.8) is 0 Å². The van der Waals surface area contributed by atoms with E-state index in [4.69, 9.17) is 5.11 Å². The fraction of sp³-hybridized carbons (Fsp3) is 0.364. The Balaban J connectivity index is 2.26. The Hall–Kier alpha value is -1.23. The van der Waals surface area contributed by atoms with Crippen LogP contribution in [0.3, 0.4) is 0 Å². The highest BCUT2D eigenvalue weighted by molar-refractivity contribution is 7.85. The third-order valence-electron chi connectivity index (χ3n) is 2.51. The van der Waals surface area contributed by atoms with Gasteiger partial charge in [-0.1, -0.05) is 0 Å². The first-order valence-corrected chi connectivity index (χ1v) is 6.31. The zero-order valence-corrected chi connectivity index (χ0v) is 9.30. The van der Waals surface area contributed by atoms with Gasteiger partial charge >= 0.3 is 5.97 Å². The molecule has 5 heteroatoms. The van der Waals surface area contributed by atoms with Gasteiger partial charge in [-0.2, -0.15) is 0 Å². The largest absolute Gasteiger partial charge is 0.478 e. The van der Waals surface area contributed by atoms with E-state index in [2.05, 4.69) is 0 Å². The van der Waals surface area contributed by atoms with Gasteiger partial charge in [0.1, 0.15) is 5.82 Å². The number of carboxylic acid groups (broad SMARTS) is 1. The molecule has 1 aliphatic rings. The standard InChI is InChI=1S/C11H11FO3S/c12-9-4-3-8(11(13)14)5-10(9)16(15)6-7-1-2-7/h3-5,7H,1-2,6H2,(H,13,14). The number of carbonyl (C=O) groups is 1. The Morgan fingerprint density at radius 1 is 1.50 bits per heavy atom. The predicted octanol–water partition coefficient (Wildman–Crippen LogP) is 2.04. The zero-order chi connectivity index (χ0) is 11.7. The van der Waals surface area contributed by atoms with Gasteiger partial charge < -0.3 is 5.11 Å². The highest BCUT2D eigenvalue weighted by Crippen LogP contribution is 2.31. The summed E-state index contributed by atoms with van der Waals surface area (Å²) in [6.07, 6.45) is 2.07. The summed E-state index contributed by atoms with van der Waals surface area (Å²) in [5.41, 5.74) is -0.0273. The molecule has 3 nitrogen and oxygen atoms in total. The van der Waals surface area contributed by atoms with Crippen LogP contribution in [0, 0.1) is 11.7 Å². The Labute approximate surface area is 94.7 Å². The average molecular weight is 242 g/mol. The van der Waals surface area contributed by atoms with Gasteiger partial charge in [0.25, 0.3) is 0 Å². The van der Waals surface area contributed by atoms with Crippen molar-refractivity contribution < 1.29 is 18.5 Å². The minimum Gasteiger partial charge on any atom is -0.478 e. The molecule has 1 fully saturated rings. The minimum absolute atomic E-state index is 0.00630. The number of benzene rings is 1. The molecule has 0 heterocycles. The van der Waals surface area contributed by atoms with E-state index in [1.807, 2.05) is 0 Å². The topological polar surface area (TPSA) is 54.4 Å². The molecular weight excluding hydrogens is 231 g/mol. The van der Waals surface area contributed by atoms with Gasteiger partial charge in [-0.15, -0.1) is 0 Å². The van der Waals surface area contributed by atoms with Crippen LogP contribution in [0.4, 0.5) is 4.39 Å². The van der Waals surface area contributed by atoms with Crippen molar-refractivity contribution in [3.8, 4) is 0 Å². The second kappa shape index (κ2) is 4.33. The summed E-state index contributed by atoms with van der Waals surface area (Å²) in [6, 6.07) is 3.40. The maximum Gasteiger partial charge on any atom is 0.335 e. The molecule has 1 atom stereocenters. The van der Waals surface area contributed by atoms with Crippen molar-refractivity contribution in [1.82, 2.24) is 0 Å². The van der Waals surface area contributed by atoms with Gasteiger partial charge in [-0.25, -0.2) is 9.18 Å². The molecule has 2 rings (SSSR count). The summed E-state index contributed by atoms with van der Waals surface area (Å²) in [6.45, 7) is 0. The lowest BCUT2D eigenvalue weighted by Gasteiger charge is -2.04. The summed E-state index contributed by atoms with van der Waals surface area (Å²) >= 11 is 0. The lowest BCUT2D eigenvalue weighted by Crippen LogP contribution is -2.05. The van der Waals surface area contributed by atoms with Gasteiger partial charge in [-0.3, -0.25) is 4.21 Å². The van der Waals surface area contributed by atoms with Crippen molar-refractivity contribution >= 4 is 16.8 Å². The van der Waals surface area contributed by atoms with Gasteiger partial charge in [0.2, 0.25) is 0 Å². The summed E-state index contributed by atoms with van der Waals surface area (Å²) in [5.74, 6) is -0.887. The quantitative estimate of drug-likeness (QED) is 0.879. The van der Waals surface area contributed by atoms with Crippen molar-refractivity contribution in [1.29, 1.82) is 0 Å². The summed E-state index contributed by atoms with van der Waals surface area (Å²) < 4.78 is 25.1. The third kappa shape index (κ3) is 2.47. The molecule has 1 saturated carbocycles. The van der Waals surface area contributed by atoms with Crippen LogP contribution in [0.1, 0.15) is 23.2 Å². The normalized spacial score (nSPS) is 17.1. The van der Waals surface area contributed by atoms with Crippen LogP contribution >= 0.6 is 0 Å². The van der Waals surface area contributed by atoms with Crippen molar-refractivity contribution in [2.45, 2.75) is 17.7 Å². The smallest absolute Gasteiger partial charge is 0.335 e. The molecule has 1 aromatic carbocycles. The summed E-state index contributed by atoms with van der Waals surface area (Å²) in [7, 11) is -1.43. The van der Waals surface area contributed by atoms with Crippen LogP contribution in [0.15, 0.2) is 23.1 Å². The molecule has 1 unspecified atom stereocenters. The monoisotopic (exact) mass is 242 g/mol. The lowest BCUT2D eigenvalue weighted by molar-refractivity contribution is 0.0696. The molecule has 0 aliphatic heterocycles. The second-order valence-corrected chi connectivity index (χ2v) is 5.37. The zero-order valence-electron chi connectivity index (χ0n) is 8.48. The van der Waals surface area contributed by atoms with E-state index in [-0.39, 0.29) is 10.5 Å². The number of hydrogen-bond acceptors (Lipinski definition) is 2. The first kappa shape index (κ1) is 11.3. The van der Waals surface area contributed by atoms with Gasteiger partial charge in [0, 0.05) is 5.75 Å². The Morgan fingerprint density at radius 2 is 2.19 bits per heavy atom. The molecule has 0 bridgehead atoms. The van der Waals surface area contributed by atoms with Gasteiger partial charge in [0.15, 0.2) is 0 Å². The Bertz CT molecular complexity index is 455. The minimum atomic E-state index is -1.43. The Kier molecular flexibility index (Phi) is 3.05. The van der Waals surface area contributed by atoms with Gasteiger partial charge in [-0.05, 0) is 37.0 Å². The SMILES string of the molecule is O=C(O)c1ccc(F)c(S(=O)CC2CC2)c1. The third-order valence-corrected chi connectivity index (χ3v) is 4.09. The number of rotatable bonds is 4. The van der Waals surface area contributed by atoms with E-state index >= 15 is 0 Å². The molecule has 0 radical (unpaired) electrons. The van der Waals surface area contributed by atoms with Crippen LogP contribution in [-0.4, -0.2) is 21.0 Å². The summed E-state index contributed by atoms with van der Waals surface area (Å²) in [4.78, 5) is 10.7. The van der Waals surface area contributed by atoms with E-state index < -0.39 is 22.6 Å². The first-order chi connectivity index (χ1) is 7.58. The number of carboxylic acids is 1. The molecule has 1 N–H and O–H groups in total. The molecule has 0 amide bonds. The van der Waals surface area contributed by atoms with Crippen LogP contribution in [0.5, 0.6) is 0 Å². The number of hydrogen-bond donors (Lipinski definition) is 1. The van der Waals surface area contributed by atoms with E-state index in [1.54, 1.807) is 0 Å². The van der Waals surface area contributed by atoms with Crippen molar-refractivity contribution in [2.75, 3.05) is 5.75 Å². The number of aromatic carboxylic acids is 1. The number of halogens is 1. The fourth-order valence-electron chi connectivity index (χ4n) is 1.40. The van der Waals surface area contributed by atoms with Crippen molar-refractivity contribution in [2.24, 2.45) is 5.92 Å².